The van der Waals surface area contributed by atoms with E-state index in [1.54, 1.807) is 12.1 Å². The summed E-state index contributed by atoms with van der Waals surface area (Å²) < 4.78 is 13.5. The Labute approximate surface area is 119 Å². The zero-order valence-electron chi connectivity index (χ0n) is 12.0. The lowest BCUT2D eigenvalue weighted by atomic mass is 9.75. The van der Waals surface area contributed by atoms with Crippen molar-refractivity contribution >= 4 is 11.6 Å². The van der Waals surface area contributed by atoms with Crippen molar-refractivity contribution in [3.63, 3.8) is 0 Å². The van der Waals surface area contributed by atoms with E-state index in [2.05, 4.69) is 16.8 Å². The molecule has 2 N–H and O–H groups in total. The minimum Gasteiger partial charge on any atom is -0.369 e. The Morgan fingerprint density at radius 3 is 2.80 bits per heavy atom. The van der Waals surface area contributed by atoms with Crippen LogP contribution in [0.3, 0.4) is 0 Å². The molecule has 0 radical (unpaired) electrons. The number of halogens is 1. The Balaban J connectivity index is 1.89. The van der Waals surface area contributed by atoms with Crippen molar-refractivity contribution in [2.75, 3.05) is 11.4 Å². The number of anilines is 1. The number of hydrogen-bond donors (Lipinski definition) is 1. The Morgan fingerprint density at radius 2 is 2.15 bits per heavy atom. The van der Waals surface area contributed by atoms with Gasteiger partial charge in [0.2, 0.25) is 0 Å². The maximum Gasteiger partial charge on any atom is 0.196 e. The molecule has 4 heteroatoms. The molecule has 1 aromatic rings. The molecule has 2 aliphatic rings. The van der Waals surface area contributed by atoms with Gasteiger partial charge in [0.05, 0.1) is 12.1 Å². The molecule has 1 aromatic carbocycles. The summed E-state index contributed by atoms with van der Waals surface area (Å²) in [5, 5.41) is 0. The number of rotatable bonds is 2. The predicted molar refractivity (Wildman–Crippen MR) is 80.3 cm³/mol. The molecule has 1 aliphatic carbocycles. The molecule has 0 bridgehead atoms. The number of nitrogens with two attached hydrogens (primary N) is 1. The van der Waals surface area contributed by atoms with E-state index in [-0.39, 0.29) is 11.4 Å². The normalized spacial score (nSPS) is 29.8. The first-order valence-electron chi connectivity index (χ1n) is 7.50. The second-order valence-electron chi connectivity index (χ2n) is 6.07. The summed E-state index contributed by atoms with van der Waals surface area (Å²) >= 11 is 0. The molecule has 0 atom stereocenters. The van der Waals surface area contributed by atoms with Crippen LogP contribution >= 0.6 is 0 Å². The molecule has 3 rings (SSSR count). The fraction of sp³-hybridized carbons (Fsp3) is 0.562. The van der Waals surface area contributed by atoms with Crippen molar-refractivity contribution < 1.29 is 4.39 Å². The first-order valence-corrected chi connectivity index (χ1v) is 7.50. The highest BCUT2D eigenvalue weighted by atomic mass is 19.1. The van der Waals surface area contributed by atoms with Gasteiger partial charge in [0.1, 0.15) is 5.82 Å². The standard InChI is InChI=1S/C16H22FN3/c1-2-12-6-8-16(9-7-12)11-19-15(18)20(16)14-5-3-4-13(17)10-14/h3-5,10,12H,2,6-9,11H2,1H3,(H2,18,19). The van der Waals surface area contributed by atoms with Crippen LogP contribution in [-0.2, 0) is 0 Å². The van der Waals surface area contributed by atoms with E-state index in [9.17, 15) is 4.39 Å². The third-order valence-electron chi connectivity index (χ3n) is 4.92. The van der Waals surface area contributed by atoms with Gasteiger partial charge in [-0.15, -0.1) is 0 Å². The van der Waals surface area contributed by atoms with Gasteiger partial charge >= 0.3 is 0 Å². The maximum atomic E-state index is 13.5. The molecule has 1 spiro atoms. The zero-order valence-corrected chi connectivity index (χ0v) is 12.0. The predicted octanol–water partition coefficient (Wildman–Crippen LogP) is 3.30. The average molecular weight is 275 g/mol. The summed E-state index contributed by atoms with van der Waals surface area (Å²) in [4.78, 5) is 6.52. The van der Waals surface area contributed by atoms with E-state index < -0.39 is 0 Å². The summed E-state index contributed by atoms with van der Waals surface area (Å²) in [5.41, 5.74) is 6.90. The van der Waals surface area contributed by atoms with E-state index in [1.807, 2.05) is 6.07 Å². The first kappa shape index (κ1) is 13.4. The molecule has 20 heavy (non-hydrogen) atoms. The molecule has 108 valence electrons. The average Bonchev–Trinajstić information content (AvgIpc) is 2.77. The van der Waals surface area contributed by atoms with Crippen molar-refractivity contribution in [3.8, 4) is 0 Å². The van der Waals surface area contributed by atoms with Gasteiger partial charge in [-0.2, -0.15) is 0 Å². The number of aliphatic imine (C=N–C) groups is 1. The van der Waals surface area contributed by atoms with Crippen LogP contribution in [0.25, 0.3) is 0 Å². The van der Waals surface area contributed by atoms with Crippen molar-refractivity contribution in [1.82, 2.24) is 0 Å². The van der Waals surface area contributed by atoms with Crippen LogP contribution in [-0.4, -0.2) is 18.0 Å². The first-order chi connectivity index (χ1) is 9.64. The van der Waals surface area contributed by atoms with Crippen LogP contribution in [0.15, 0.2) is 29.3 Å². The van der Waals surface area contributed by atoms with Gasteiger partial charge in [0.15, 0.2) is 5.96 Å². The molecular formula is C16H22FN3. The fourth-order valence-electron chi connectivity index (χ4n) is 3.64. The maximum absolute atomic E-state index is 13.5. The number of benzene rings is 1. The molecule has 1 saturated carbocycles. The Bertz CT molecular complexity index is 518. The molecule has 0 amide bonds. The second-order valence-corrected chi connectivity index (χ2v) is 6.07. The summed E-state index contributed by atoms with van der Waals surface area (Å²) in [6.45, 7) is 3.00. The van der Waals surface area contributed by atoms with Gasteiger partial charge in [-0.25, -0.2) is 4.39 Å². The van der Waals surface area contributed by atoms with Crippen LogP contribution < -0.4 is 10.6 Å². The monoisotopic (exact) mass is 275 g/mol. The Kier molecular flexibility index (Phi) is 3.40. The van der Waals surface area contributed by atoms with Crippen molar-refractivity contribution in [1.29, 1.82) is 0 Å². The molecule has 1 fully saturated rings. The van der Waals surface area contributed by atoms with Crippen molar-refractivity contribution in [3.05, 3.63) is 30.1 Å². The quantitative estimate of drug-likeness (QED) is 0.899. The van der Waals surface area contributed by atoms with E-state index in [4.69, 9.17) is 5.73 Å². The van der Waals surface area contributed by atoms with Crippen LogP contribution in [0.2, 0.25) is 0 Å². The lowest BCUT2D eigenvalue weighted by Crippen LogP contribution is -2.53. The third-order valence-corrected chi connectivity index (χ3v) is 4.92. The third kappa shape index (κ3) is 2.17. The van der Waals surface area contributed by atoms with E-state index in [0.29, 0.717) is 5.96 Å². The lowest BCUT2D eigenvalue weighted by Gasteiger charge is -2.44. The van der Waals surface area contributed by atoms with Crippen molar-refractivity contribution in [2.24, 2.45) is 16.6 Å². The van der Waals surface area contributed by atoms with Gasteiger partial charge in [-0.05, 0) is 49.8 Å². The van der Waals surface area contributed by atoms with Gasteiger partial charge < -0.3 is 10.6 Å². The molecule has 1 heterocycles. The molecular weight excluding hydrogens is 253 g/mol. The highest BCUT2D eigenvalue weighted by molar-refractivity contribution is 5.98. The van der Waals surface area contributed by atoms with Gasteiger partial charge in [-0.3, -0.25) is 4.99 Å². The van der Waals surface area contributed by atoms with E-state index >= 15 is 0 Å². The SMILES string of the molecule is CCC1CCC2(CC1)CN=C(N)N2c1cccc(F)c1. The van der Waals surface area contributed by atoms with Crippen LogP contribution in [0, 0.1) is 11.7 Å². The Hall–Kier alpha value is -1.58. The molecule has 0 unspecified atom stereocenters. The number of hydrogen-bond acceptors (Lipinski definition) is 3. The lowest BCUT2D eigenvalue weighted by molar-refractivity contribution is 0.244. The largest absolute Gasteiger partial charge is 0.369 e. The minimum atomic E-state index is -0.223. The van der Waals surface area contributed by atoms with E-state index in [1.165, 1.54) is 25.3 Å². The summed E-state index contributed by atoms with van der Waals surface area (Å²) in [7, 11) is 0. The topological polar surface area (TPSA) is 41.6 Å². The smallest absolute Gasteiger partial charge is 0.196 e. The van der Waals surface area contributed by atoms with Gasteiger partial charge in [-0.1, -0.05) is 19.4 Å². The van der Waals surface area contributed by atoms with Gasteiger partial charge in [0.25, 0.3) is 0 Å². The van der Waals surface area contributed by atoms with Crippen LogP contribution in [0.4, 0.5) is 10.1 Å². The summed E-state index contributed by atoms with van der Waals surface area (Å²) in [6.07, 6.45) is 5.85. The summed E-state index contributed by atoms with van der Waals surface area (Å²) in [5.74, 6) is 1.13. The fourth-order valence-corrected chi connectivity index (χ4v) is 3.64. The molecule has 0 aromatic heterocycles. The second kappa shape index (κ2) is 5.08. The molecule has 0 saturated heterocycles. The number of nitrogens with zero attached hydrogens (tertiary/aromatic N) is 2. The van der Waals surface area contributed by atoms with E-state index in [0.717, 1.165) is 31.0 Å². The summed E-state index contributed by atoms with van der Waals surface area (Å²) in [6, 6.07) is 6.68. The highest BCUT2D eigenvalue weighted by Gasteiger charge is 2.45. The van der Waals surface area contributed by atoms with Crippen LogP contribution in [0.5, 0.6) is 0 Å². The molecule has 1 aliphatic heterocycles. The molecule has 3 nitrogen and oxygen atoms in total. The zero-order chi connectivity index (χ0) is 14.2. The highest BCUT2D eigenvalue weighted by Crippen LogP contribution is 2.42. The van der Waals surface area contributed by atoms with Crippen LogP contribution in [0.1, 0.15) is 39.0 Å². The van der Waals surface area contributed by atoms with Crippen molar-refractivity contribution in [2.45, 2.75) is 44.6 Å². The Morgan fingerprint density at radius 1 is 1.40 bits per heavy atom. The minimum absolute atomic E-state index is 0.0243. The number of guanidine groups is 1. The van der Waals surface area contributed by atoms with Gasteiger partial charge in [0, 0.05) is 5.69 Å².